The van der Waals surface area contributed by atoms with Gasteiger partial charge in [-0.1, -0.05) is 7.43 Å². The molecule has 0 aromatic carbocycles. The van der Waals surface area contributed by atoms with Gasteiger partial charge in [-0.3, -0.25) is 9.59 Å². The summed E-state index contributed by atoms with van der Waals surface area (Å²) < 4.78 is 0. The fraction of sp³-hybridized carbons (Fsp3) is 0.600. The highest BCUT2D eigenvalue weighted by atomic mass is 16.4. The van der Waals surface area contributed by atoms with Crippen LogP contribution >= 0.6 is 0 Å². The molecular formula is C5H10O4. The van der Waals surface area contributed by atoms with E-state index < -0.39 is 17.9 Å². The molecule has 0 atom stereocenters. The fourth-order valence-corrected chi connectivity index (χ4v) is 0.106. The van der Waals surface area contributed by atoms with Crippen molar-refractivity contribution in [1.29, 1.82) is 0 Å². The lowest BCUT2D eigenvalue weighted by Crippen LogP contribution is -2.19. The van der Waals surface area contributed by atoms with Gasteiger partial charge in [-0.15, -0.1) is 0 Å². The Kier molecular flexibility index (Phi) is 4.68. The summed E-state index contributed by atoms with van der Waals surface area (Å²) in [5.74, 6) is -3.91. The van der Waals surface area contributed by atoms with Gasteiger partial charge in [0.25, 0.3) is 0 Å². The summed E-state index contributed by atoms with van der Waals surface area (Å²) in [6.07, 6.45) is 0. The molecule has 0 aromatic heterocycles. The van der Waals surface area contributed by atoms with Crippen LogP contribution in [0.3, 0.4) is 0 Å². The third kappa shape index (κ3) is 3.52. The molecule has 2 N–H and O–H groups in total. The molecule has 0 unspecified atom stereocenters. The Morgan fingerprint density at radius 2 is 1.44 bits per heavy atom. The van der Waals surface area contributed by atoms with Crippen LogP contribution in [0.15, 0.2) is 0 Å². The summed E-state index contributed by atoms with van der Waals surface area (Å²) in [7, 11) is 0. The van der Waals surface area contributed by atoms with Crippen LogP contribution in [0.5, 0.6) is 0 Å². The molecule has 0 aliphatic heterocycles. The molecule has 4 nitrogen and oxygen atoms in total. The molecule has 0 aliphatic rings. The Morgan fingerprint density at radius 1 is 1.22 bits per heavy atom. The maximum absolute atomic E-state index is 9.76. The van der Waals surface area contributed by atoms with E-state index in [0.29, 0.717) is 0 Å². The van der Waals surface area contributed by atoms with Crippen LogP contribution < -0.4 is 0 Å². The first kappa shape index (κ1) is 10.8. The minimum atomic E-state index is -1.31. The highest BCUT2D eigenvalue weighted by Crippen LogP contribution is 1.91. The van der Waals surface area contributed by atoms with Gasteiger partial charge in [-0.05, 0) is 6.92 Å². The van der Waals surface area contributed by atoms with Crippen molar-refractivity contribution in [1.82, 2.24) is 0 Å². The van der Waals surface area contributed by atoms with Gasteiger partial charge in [0.05, 0.1) is 0 Å². The molecule has 0 bridgehead atoms. The van der Waals surface area contributed by atoms with Crippen molar-refractivity contribution < 1.29 is 19.8 Å². The molecule has 54 valence electrons. The van der Waals surface area contributed by atoms with Crippen molar-refractivity contribution in [2.45, 2.75) is 14.4 Å². The van der Waals surface area contributed by atoms with Crippen molar-refractivity contribution >= 4 is 11.9 Å². The van der Waals surface area contributed by atoms with E-state index in [9.17, 15) is 9.59 Å². The lowest BCUT2D eigenvalue weighted by molar-refractivity contribution is -0.153. The zero-order chi connectivity index (χ0) is 6.73. The van der Waals surface area contributed by atoms with Crippen LogP contribution in [0.4, 0.5) is 0 Å². The van der Waals surface area contributed by atoms with Gasteiger partial charge < -0.3 is 10.2 Å². The molecule has 4 heteroatoms. The molecule has 0 fully saturated rings. The zero-order valence-corrected chi connectivity index (χ0v) is 4.29. The van der Waals surface area contributed by atoms with Crippen molar-refractivity contribution in [2.75, 3.05) is 0 Å². The van der Waals surface area contributed by atoms with Gasteiger partial charge in [0, 0.05) is 0 Å². The van der Waals surface area contributed by atoms with Crippen LogP contribution in [-0.2, 0) is 9.59 Å². The quantitative estimate of drug-likeness (QED) is 0.537. The van der Waals surface area contributed by atoms with E-state index in [1.807, 2.05) is 0 Å². The number of carbonyl (C=O) groups is 2. The Hall–Kier alpha value is -1.06. The van der Waals surface area contributed by atoms with Gasteiger partial charge in [0.1, 0.15) is 0 Å². The van der Waals surface area contributed by atoms with Gasteiger partial charge in [0.2, 0.25) is 0 Å². The minimum absolute atomic E-state index is 0. The molecule has 0 saturated carbocycles. The Labute approximate surface area is 53.1 Å². The van der Waals surface area contributed by atoms with E-state index in [4.69, 9.17) is 10.2 Å². The van der Waals surface area contributed by atoms with Crippen molar-refractivity contribution in [3.8, 4) is 0 Å². The third-order valence-electron chi connectivity index (χ3n) is 0.741. The highest BCUT2D eigenvalue weighted by Gasteiger charge is 2.18. The topological polar surface area (TPSA) is 74.6 Å². The molecule has 0 spiro atoms. The summed E-state index contributed by atoms with van der Waals surface area (Å²) >= 11 is 0. The number of carboxylic acids is 2. The first-order valence-electron chi connectivity index (χ1n) is 2.01. The van der Waals surface area contributed by atoms with Crippen LogP contribution in [0.1, 0.15) is 14.4 Å². The second-order valence-corrected chi connectivity index (χ2v) is 1.40. The molecule has 0 heterocycles. The summed E-state index contributed by atoms with van der Waals surface area (Å²) in [5, 5.41) is 15.9. The number of hydrogen-bond acceptors (Lipinski definition) is 2. The SMILES string of the molecule is C.CC(C(=O)O)C(=O)O. The minimum Gasteiger partial charge on any atom is -0.481 e. The smallest absolute Gasteiger partial charge is 0.317 e. The summed E-state index contributed by atoms with van der Waals surface area (Å²) in [5.41, 5.74) is 0. The van der Waals surface area contributed by atoms with Gasteiger partial charge in [-0.25, -0.2) is 0 Å². The van der Waals surface area contributed by atoms with Crippen LogP contribution in [0.2, 0.25) is 0 Å². The van der Waals surface area contributed by atoms with E-state index in [1.165, 1.54) is 0 Å². The first-order chi connectivity index (χ1) is 3.55. The molecule has 0 saturated heterocycles. The van der Waals surface area contributed by atoms with E-state index in [0.717, 1.165) is 6.92 Å². The summed E-state index contributed by atoms with van der Waals surface area (Å²) in [6.45, 7) is 1.12. The van der Waals surface area contributed by atoms with E-state index >= 15 is 0 Å². The molecule has 0 aromatic rings. The average molecular weight is 134 g/mol. The van der Waals surface area contributed by atoms with E-state index in [-0.39, 0.29) is 7.43 Å². The molecule has 0 amide bonds. The highest BCUT2D eigenvalue weighted by molar-refractivity contribution is 5.92. The van der Waals surface area contributed by atoms with Crippen LogP contribution in [0, 0.1) is 5.92 Å². The number of hydrogen-bond donors (Lipinski definition) is 2. The standard InChI is InChI=1S/C4H6O4.CH4/c1-2(3(5)6)4(7)8;/h2H,1H3,(H,5,6)(H,7,8);1H4. The molecule has 9 heavy (non-hydrogen) atoms. The van der Waals surface area contributed by atoms with E-state index in [1.54, 1.807) is 0 Å². The number of aliphatic carboxylic acids is 2. The van der Waals surface area contributed by atoms with E-state index in [2.05, 4.69) is 0 Å². The lowest BCUT2D eigenvalue weighted by atomic mass is 10.2. The van der Waals surface area contributed by atoms with Gasteiger partial charge in [-0.2, -0.15) is 0 Å². The molecule has 0 aliphatic carbocycles. The van der Waals surface area contributed by atoms with Crippen molar-refractivity contribution in [2.24, 2.45) is 5.92 Å². The molecular weight excluding hydrogens is 124 g/mol. The predicted molar refractivity (Wildman–Crippen MR) is 31.2 cm³/mol. The van der Waals surface area contributed by atoms with Gasteiger partial charge in [0.15, 0.2) is 5.92 Å². The molecule has 0 rings (SSSR count). The largest absolute Gasteiger partial charge is 0.481 e. The second kappa shape index (κ2) is 3.88. The summed E-state index contributed by atoms with van der Waals surface area (Å²) in [6, 6.07) is 0. The fourth-order valence-electron chi connectivity index (χ4n) is 0.106. The predicted octanol–water partition coefficient (Wildman–Crippen LogP) is 0.428. The Balaban J connectivity index is 0. The maximum atomic E-state index is 9.76. The summed E-state index contributed by atoms with van der Waals surface area (Å²) in [4.78, 5) is 19.5. The normalized spacial score (nSPS) is 8.22. The lowest BCUT2D eigenvalue weighted by Gasteiger charge is -1.94. The first-order valence-corrected chi connectivity index (χ1v) is 2.01. The van der Waals surface area contributed by atoms with Crippen LogP contribution in [0.25, 0.3) is 0 Å². The zero-order valence-electron chi connectivity index (χ0n) is 4.29. The van der Waals surface area contributed by atoms with Crippen LogP contribution in [-0.4, -0.2) is 22.2 Å². The average Bonchev–Trinajstić information content (AvgIpc) is 1.64. The molecule has 0 radical (unpaired) electrons. The monoisotopic (exact) mass is 134 g/mol. The Bertz CT molecular complexity index is 104. The van der Waals surface area contributed by atoms with Crippen molar-refractivity contribution in [3.63, 3.8) is 0 Å². The number of rotatable bonds is 2. The van der Waals surface area contributed by atoms with Gasteiger partial charge >= 0.3 is 11.9 Å². The maximum Gasteiger partial charge on any atom is 0.317 e. The van der Waals surface area contributed by atoms with Crippen molar-refractivity contribution in [3.05, 3.63) is 0 Å². The Morgan fingerprint density at radius 3 is 1.44 bits per heavy atom. The second-order valence-electron chi connectivity index (χ2n) is 1.40. The number of carboxylic acid groups (broad SMARTS) is 2. The third-order valence-corrected chi connectivity index (χ3v) is 0.741.